The summed E-state index contributed by atoms with van der Waals surface area (Å²) in [7, 11) is -1.91. The number of nitriles is 1. The predicted octanol–water partition coefficient (Wildman–Crippen LogP) is 5.54. The molecular formula is C30H37N5O4S2. The summed E-state index contributed by atoms with van der Waals surface area (Å²) < 4.78 is 32.1. The number of carbonyl (C=O) groups is 1. The number of nitrogens with one attached hydrogen (secondary N) is 1. The van der Waals surface area contributed by atoms with Gasteiger partial charge in [0.25, 0.3) is 0 Å². The first-order valence-electron chi connectivity index (χ1n) is 14.4. The van der Waals surface area contributed by atoms with Gasteiger partial charge in [0.1, 0.15) is 10.3 Å². The van der Waals surface area contributed by atoms with Crippen LogP contribution in [0.5, 0.6) is 5.88 Å². The summed E-state index contributed by atoms with van der Waals surface area (Å²) in [6.07, 6.45) is 7.81. The second-order valence-electron chi connectivity index (χ2n) is 11.0. The van der Waals surface area contributed by atoms with E-state index in [1.165, 1.54) is 24.2 Å². The second-order valence-corrected chi connectivity index (χ2v) is 14.2. The number of hydrogen-bond acceptors (Lipinski definition) is 9. The number of carbonyl (C=O) groups excluding carboxylic acids is 1. The van der Waals surface area contributed by atoms with Crippen LogP contribution in [-0.4, -0.2) is 61.2 Å². The monoisotopic (exact) mass is 595 g/mol. The number of thiazole rings is 1. The van der Waals surface area contributed by atoms with Gasteiger partial charge in [0.2, 0.25) is 11.8 Å². The van der Waals surface area contributed by atoms with Gasteiger partial charge in [-0.15, -0.1) is 0 Å². The molecule has 218 valence electrons. The van der Waals surface area contributed by atoms with Crippen LogP contribution < -0.4 is 10.1 Å². The molecule has 41 heavy (non-hydrogen) atoms. The zero-order valence-electron chi connectivity index (χ0n) is 23.4. The molecule has 1 saturated heterocycles. The highest BCUT2D eigenvalue weighted by atomic mass is 32.2. The van der Waals surface area contributed by atoms with Crippen molar-refractivity contribution in [2.45, 2.75) is 73.9 Å². The molecule has 0 bridgehead atoms. The first-order chi connectivity index (χ1) is 19.9. The van der Waals surface area contributed by atoms with Gasteiger partial charge in [0.15, 0.2) is 15.0 Å². The molecule has 1 unspecified atom stereocenters. The number of piperidine rings is 1. The third kappa shape index (κ3) is 7.05. The number of hydrogen-bond donors (Lipinski definition) is 1. The topological polar surface area (TPSA) is 125 Å². The number of fused-ring (bicyclic) bond motifs is 1. The number of rotatable bonds is 11. The quantitative estimate of drug-likeness (QED) is 0.286. The minimum Gasteiger partial charge on any atom is -0.481 e. The number of benzene rings is 1. The summed E-state index contributed by atoms with van der Waals surface area (Å²) in [6.45, 7) is 2.29. The summed E-state index contributed by atoms with van der Waals surface area (Å²) in [5.41, 5.74) is 1.52. The third-order valence-electron chi connectivity index (χ3n) is 8.38. The summed E-state index contributed by atoms with van der Waals surface area (Å²) in [4.78, 5) is 25.8. The van der Waals surface area contributed by atoms with Crippen LogP contribution in [0.4, 0.5) is 5.13 Å². The number of methoxy groups -OCH3 is 1. The molecule has 3 aromatic rings. The molecule has 3 heterocycles. The van der Waals surface area contributed by atoms with Crippen molar-refractivity contribution in [1.29, 1.82) is 5.26 Å². The van der Waals surface area contributed by atoms with Gasteiger partial charge in [-0.25, -0.2) is 18.4 Å². The van der Waals surface area contributed by atoms with Crippen molar-refractivity contribution in [1.82, 2.24) is 14.9 Å². The Bertz CT molecular complexity index is 1490. The van der Waals surface area contributed by atoms with Crippen LogP contribution in [0, 0.1) is 17.2 Å². The Hall–Kier alpha value is -3.07. The molecule has 1 N–H and O–H groups in total. The van der Waals surface area contributed by atoms with Crippen LogP contribution in [0.25, 0.3) is 10.3 Å². The summed E-state index contributed by atoms with van der Waals surface area (Å²) >= 11 is 1.31. The highest BCUT2D eigenvalue weighted by Gasteiger charge is 2.32. The minimum atomic E-state index is -3.47. The SMILES string of the molecule is COc1ccc2nc(NC(=O)C(CC3CCCC3)c3ccc(S(=O)(=O)C4CCN(CCCC#N)CC4)cc3)sc2n1. The van der Waals surface area contributed by atoms with E-state index >= 15 is 0 Å². The van der Waals surface area contributed by atoms with E-state index in [0.29, 0.717) is 51.4 Å². The second kappa shape index (κ2) is 13.3. The molecule has 0 spiro atoms. The lowest BCUT2D eigenvalue weighted by atomic mass is 9.87. The average Bonchev–Trinajstić information content (AvgIpc) is 3.65. The van der Waals surface area contributed by atoms with Gasteiger partial charge < -0.3 is 15.0 Å². The van der Waals surface area contributed by atoms with Crippen LogP contribution in [0.3, 0.4) is 0 Å². The molecule has 2 aliphatic rings. The summed E-state index contributed by atoms with van der Waals surface area (Å²) in [6, 6.07) is 12.7. The highest BCUT2D eigenvalue weighted by molar-refractivity contribution is 7.92. The van der Waals surface area contributed by atoms with Crippen LogP contribution >= 0.6 is 11.3 Å². The molecule has 1 saturated carbocycles. The number of unbranched alkanes of at least 4 members (excludes halogenated alkanes) is 1. The smallest absolute Gasteiger partial charge is 0.233 e. The van der Waals surface area contributed by atoms with E-state index in [1.807, 2.05) is 18.2 Å². The van der Waals surface area contributed by atoms with E-state index in [9.17, 15) is 13.2 Å². The van der Waals surface area contributed by atoms with Gasteiger partial charge in [-0.05, 0) is 75.0 Å². The Balaban J connectivity index is 1.29. The zero-order chi connectivity index (χ0) is 28.8. The van der Waals surface area contributed by atoms with Gasteiger partial charge in [-0.2, -0.15) is 5.26 Å². The number of anilines is 1. The summed E-state index contributed by atoms with van der Waals surface area (Å²) in [5, 5.41) is 11.8. The fourth-order valence-electron chi connectivity index (χ4n) is 6.04. The largest absolute Gasteiger partial charge is 0.481 e. The van der Waals surface area contributed by atoms with E-state index in [1.54, 1.807) is 25.3 Å². The van der Waals surface area contributed by atoms with Gasteiger partial charge in [0.05, 0.1) is 29.2 Å². The number of nitrogens with zero attached hydrogens (tertiary/aromatic N) is 4. The molecule has 2 aromatic heterocycles. The lowest BCUT2D eigenvalue weighted by Crippen LogP contribution is -2.39. The van der Waals surface area contributed by atoms with Gasteiger partial charge >= 0.3 is 0 Å². The first-order valence-corrected chi connectivity index (χ1v) is 16.8. The molecule has 5 rings (SSSR count). The molecular weight excluding hydrogens is 558 g/mol. The van der Waals surface area contributed by atoms with Crippen molar-refractivity contribution < 1.29 is 17.9 Å². The van der Waals surface area contributed by atoms with E-state index in [0.717, 1.165) is 50.9 Å². The fraction of sp³-hybridized carbons (Fsp3) is 0.533. The number of aromatic nitrogens is 2. The van der Waals surface area contributed by atoms with Crippen molar-refractivity contribution in [3.63, 3.8) is 0 Å². The molecule has 1 aliphatic heterocycles. The Morgan fingerprint density at radius 1 is 1.12 bits per heavy atom. The van der Waals surface area contributed by atoms with E-state index in [2.05, 4.69) is 26.3 Å². The maximum atomic E-state index is 13.6. The van der Waals surface area contributed by atoms with Crippen LogP contribution in [0.2, 0.25) is 0 Å². The van der Waals surface area contributed by atoms with Crippen LogP contribution in [-0.2, 0) is 14.6 Å². The van der Waals surface area contributed by atoms with Gasteiger partial charge in [0, 0.05) is 12.5 Å². The zero-order valence-corrected chi connectivity index (χ0v) is 25.1. The molecule has 1 amide bonds. The molecule has 1 aromatic carbocycles. The third-order valence-corrected chi connectivity index (χ3v) is 11.5. The summed E-state index contributed by atoms with van der Waals surface area (Å²) in [5.74, 6) is 0.423. The maximum absolute atomic E-state index is 13.6. The number of likely N-dealkylation sites (tertiary alicyclic amines) is 1. The number of pyridine rings is 1. The molecule has 1 atom stereocenters. The van der Waals surface area contributed by atoms with E-state index in [-0.39, 0.29) is 5.91 Å². The van der Waals surface area contributed by atoms with Crippen molar-refractivity contribution >= 4 is 42.6 Å². The van der Waals surface area contributed by atoms with Gasteiger partial charge in [-0.1, -0.05) is 49.2 Å². The number of ether oxygens (including phenoxy) is 1. The number of amides is 1. The Morgan fingerprint density at radius 3 is 2.54 bits per heavy atom. The Labute approximate surface area is 245 Å². The van der Waals surface area contributed by atoms with Gasteiger partial charge in [-0.3, -0.25) is 4.79 Å². The molecule has 11 heteroatoms. The predicted molar refractivity (Wildman–Crippen MR) is 160 cm³/mol. The van der Waals surface area contributed by atoms with Crippen molar-refractivity contribution in [3.05, 3.63) is 42.0 Å². The minimum absolute atomic E-state index is 0.137. The Kier molecular flexibility index (Phi) is 9.53. The van der Waals surface area contributed by atoms with Crippen molar-refractivity contribution in [2.24, 2.45) is 5.92 Å². The lowest BCUT2D eigenvalue weighted by Gasteiger charge is -2.31. The van der Waals surface area contributed by atoms with Crippen molar-refractivity contribution in [2.75, 3.05) is 32.1 Å². The standard InChI is InChI=1S/C30H37N5O4S2/c1-39-27-13-12-26-29(33-27)40-30(32-26)34-28(36)25(20-21-6-2-3-7-21)22-8-10-23(11-9-22)41(37,38)24-14-18-35(19-15-24)17-5-4-16-31/h8-13,21,24-25H,2-7,14-15,17-20H2,1H3,(H,32,34,36). The van der Waals surface area contributed by atoms with Crippen LogP contribution in [0.1, 0.15) is 69.3 Å². The molecule has 0 radical (unpaired) electrons. The van der Waals surface area contributed by atoms with Crippen LogP contribution in [0.15, 0.2) is 41.3 Å². The normalized spacial score (nSPS) is 17.9. The molecule has 2 fully saturated rings. The lowest BCUT2D eigenvalue weighted by molar-refractivity contribution is -0.118. The first kappa shape index (κ1) is 29.4. The molecule has 1 aliphatic carbocycles. The van der Waals surface area contributed by atoms with Crippen molar-refractivity contribution in [3.8, 4) is 11.9 Å². The van der Waals surface area contributed by atoms with E-state index < -0.39 is 21.0 Å². The highest BCUT2D eigenvalue weighted by Crippen LogP contribution is 2.36. The molecule has 9 nitrogen and oxygen atoms in total. The average molecular weight is 596 g/mol. The number of sulfone groups is 1. The maximum Gasteiger partial charge on any atom is 0.233 e. The van der Waals surface area contributed by atoms with E-state index in [4.69, 9.17) is 10.00 Å². The fourth-order valence-corrected chi connectivity index (χ4v) is 8.61. The Morgan fingerprint density at radius 2 is 1.85 bits per heavy atom.